The van der Waals surface area contributed by atoms with Crippen molar-refractivity contribution in [3.63, 3.8) is 0 Å². The second-order valence-corrected chi connectivity index (χ2v) is 15.3. The first-order valence-electron chi connectivity index (χ1n) is 20.4. The zero-order chi connectivity index (χ0) is 43.3. The third-order valence-electron chi connectivity index (χ3n) is 11.7. The van der Waals surface area contributed by atoms with E-state index in [1.165, 1.54) is 0 Å². The minimum atomic E-state index is 0.439. The lowest BCUT2D eigenvalue weighted by atomic mass is 9.94. The fraction of sp³-hybridized carbons (Fsp3) is 0. The Kier molecular flexibility index (Phi) is 8.81. The lowest BCUT2D eigenvalue weighted by Gasteiger charge is -2.19. The third kappa shape index (κ3) is 6.10. The fourth-order valence-electron chi connectivity index (χ4n) is 8.75. The number of nitrogens with zero attached hydrogens (tertiary/aromatic N) is 9. The van der Waals surface area contributed by atoms with Crippen molar-refractivity contribution in [3.05, 3.63) is 210 Å². The SMILES string of the molecule is [C-]#[N+]c1ccc2c(c1)c1ccccc1n2-c1ccc(-c2nc(-c3ccccc3)nc(-c3ccccc3)n2)c(-c2cc(C#N)ccc2-n2c3ccc(C#N)cc3c3cc([N+]#[C-])ccc32)c1. The van der Waals surface area contributed by atoms with Crippen molar-refractivity contribution >= 4 is 55.0 Å². The minimum absolute atomic E-state index is 0.439. The molecule has 0 amide bonds. The topological polar surface area (TPSA) is 105 Å². The smallest absolute Gasteiger partial charge is 0.188 e. The summed E-state index contributed by atoms with van der Waals surface area (Å²) in [5, 5.41) is 24.1. The molecule has 0 unspecified atom stereocenters. The summed E-state index contributed by atoms with van der Waals surface area (Å²) in [6.45, 7) is 15.6. The zero-order valence-electron chi connectivity index (χ0n) is 33.8. The summed E-state index contributed by atoms with van der Waals surface area (Å²) >= 11 is 0. The summed E-state index contributed by atoms with van der Waals surface area (Å²) in [6.07, 6.45) is 0. The molecule has 0 aliphatic heterocycles. The van der Waals surface area contributed by atoms with E-state index in [0.29, 0.717) is 45.5 Å². The Balaban J connectivity index is 1.26. The van der Waals surface area contributed by atoms with Gasteiger partial charge in [-0.25, -0.2) is 24.6 Å². The molecule has 3 aromatic heterocycles. The second-order valence-electron chi connectivity index (χ2n) is 15.3. The third-order valence-corrected chi connectivity index (χ3v) is 11.7. The lowest BCUT2D eigenvalue weighted by molar-refractivity contribution is 1.07. The van der Waals surface area contributed by atoms with E-state index in [-0.39, 0.29) is 0 Å². The van der Waals surface area contributed by atoms with Crippen molar-refractivity contribution in [2.75, 3.05) is 0 Å². The Labute approximate surface area is 366 Å². The average Bonchev–Trinajstić information content (AvgIpc) is 3.87. The van der Waals surface area contributed by atoms with Gasteiger partial charge < -0.3 is 9.13 Å². The molecule has 3 heterocycles. The highest BCUT2D eigenvalue weighted by molar-refractivity contribution is 6.12. The van der Waals surface area contributed by atoms with Crippen molar-refractivity contribution in [2.45, 2.75) is 0 Å². The molecule has 0 saturated carbocycles. The van der Waals surface area contributed by atoms with E-state index in [1.807, 2.05) is 140 Å². The molecule has 0 spiro atoms. The molecule has 0 fully saturated rings. The van der Waals surface area contributed by atoms with Crippen LogP contribution in [-0.2, 0) is 0 Å². The Morgan fingerprint density at radius 3 is 1.56 bits per heavy atom. The van der Waals surface area contributed by atoms with Crippen LogP contribution in [0.4, 0.5) is 11.4 Å². The molecule has 11 aromatic rings. The van der Waals surface area contributed by atoms with Crippen molar-refractivity contribution in [1.29, 1.82) is 10.5 Å². The standard InChI is InChI=1S/C55H29N9/c1-58-38-19-25-49-46(29-38)41-15-9-10-16-48(41)63(49)40-21-22-42(55-61-53(36-11-5-3-6-12-36)60-54(62-55)37-13-7-4-8-14-37)43(31-40)44-27-34(32-56)17-23-50(44)64-51-24-18-35(33-57)28-45(51)47-30-39(59-2)20-26-52(47)64/h3-31H. The van der Waals surface area contributed by atoms with Gasteiger partial charge >= 0.3 is 0 Å². The highest BCUT2D eigenvalue weighted by atomic mass is 15.0. The molecule has 0 aliphatic rings. The Bertz CT molecular complexity index is 3760. The summed E-state index contributed by atoms with van der Waals surface area (Å²) in [4.78, 5) is 22.8. The van der Waals surface area contributed by atoms with Crippen LogP contribution in [0, 0.1) is 35.8 Å². The second kappa shape index (κ2) is 15.1. The predicted molar refractivity (Wildman–Crippen MR) is 252 cm³/mol. The van der Waals surface area contributed by atoms with E-state index >= 15 is 0 Å². The van der Waals surface area contributed by atoms with E-state index in [1.54, 1.807) is 12.1 Å². The van der Waals surface area contributed by atoms with Crippen LogP contribution in [0.25, 0.3) is 110 Å². The fourth-order valence-corrected chi connectivity index (χ4v) is 8.75. The first kappa shape index (κ1) is 37.3. The molecular weight excluding hydrogens is 787 g/mol. The van der Waals surface area contributed by atoms with Crippen LogP contribution in [0.5, 0.6) is 0 Å². The van der Waals surface area contributed by atoms with E-state index in [0.717, 1.165) is 77.2 Å². The van der Waals surface area contributed by atoms with E-state index in [4.69, 9.17) is 28.1 Å². The Morgan fingerprint density at radius 2 is 0.922 bits per heavy atom. The molecule has 0 bridgehead atoms. The molecule has 64 heavy (non-hydrogen) atoms. The molecule has 0 saturated heterocycles. The first-order chi connectivity index (χ1) is 31.5. The van der Waals surface area contributed by atoms with E-state index in [2.05, 4.69) is 55.2 Å². The summed E-state index contributed by atoms with van der Waals surface area (Å²) in [5.41, 5.74) is 11.0. The van der Waals surface area contributed by atoms with Crippen molar-refractivity contribution < 1.29 is 0 Å². The van der Waals surface area contributed by atoms with Crippen LogP contribution in [0.15, 0.2) is 176 Å². The highest BCUT2D eigenvalue weighted by Gasteiger charge is 2.23. The molecule has 0 aliphatic carbocycles. The summed E-state index contributed by atoms with van der Waals surface area (Å²) in [6, 6.07) is 61.4. The molecule has 0 N–H and O–H groups in total. The van der Waals surface area contributed by atoms with Gasteiger partial charge in [0.2, 0.25) is 0 Å². The summed E-state index contributed by atoms with van der Waals surface area (Å²) < 4.78 is 4.34. The number of aromatic nitrogens is 5. The summed E-state index contributed by atoms with van der Waals surface area (Å²) in [5.74, 6) is 1.46. The Morgan fingerprint density at radius 1 is 0.406 bits per heavy atom. The minimum Gasteiger partial charge on any atom is -0.309 e. The largest absolute Gasteiger partial charge is 0.309 e. The quantitative estimate of drug-likeness (QED) is 0.155. The van der Waals surface area contributed by atoms with Crippen LogP contribution < -0.4 is 0 Å². The van der Waals surface area contributed by atoms with Gasteiger partial charge in [0.05, 0.1) is 64.2 Å². The monoisotopic (exact) mass is 815 g/mol. The number of hydrogen-bond acceptors (Lipinski definition) is 5. The average molecular weight is 816 g/mol. The number of para-hydroxylation sites is 1. The summed E-state index contributed by atoms with van der Waals surface area (Å²) in [7, 11) is 0. The number of rotatable bonds is 6. The first-order valence-corrected chi connectivity index (χ1v) is 20.4. The number of benzene rings is 8. The van der Waals surface area contributed by atoms with Gasteiger partial charge in [-0.3, -0.25) is 0 Å². The van der Waals surface area contributed by atoms with Gasteiger partial charge in [-0.15, -0.1) is 0 Å². The van der Waals surface area contributed by atoms with Gasteiger partial charge in [0.1, 0.15) is 0 Å². The molecular formula is C55H29N9. The van der Waals surface area contributed by atoms with Gasteiger partial charge in [-0.05, 0) is 101 Å². The number of fused-ring (bicyclic) bond motifs is 6. The molecule has 11 rings (SSSR count). The van der Waals surface area contributed by atoms with Crippen molar-refractivity contribution in [1.82, 2.24) is 24.1 Å². The molecule has 9 nitrogen and oxygen atoms in total. The maximum atomic E-state index is 10.5. The van der Waals surface area contributed by atoms with Crippen molar-refractivity contribution in [2.24, 2.45) is 0 Å². The van der Waals surface area contributed by atoms with Gasteiger partial charge in [-0.2, -0.15) is 10.5 Å². The normalized spacial score (nSPS) is 11.1. The molecule has 9 heteroatoms. The number of nitriles is 2. The van der Waals surface area contributed by atoms with Crippen LogP contribution in [0.3, 0.4) is 0 Å². The van der Waals surface area contributed by atoms with Crippen LogP contribution in [0.2, 0.25) is 0 Å². The van der Waals surface area contributed by atoms with Crippen LogP contribution in [0.1, 0.15) is 11.1 Å². The highest BCUT2D eigenvalue weighted by Crippen LogP contribution is 2.43. The van der Waals surface area contributed by atoms with Gasteiger partial charge in [0, 0.05) is 38.7 Å². The van der Waals surface area contributed by atoms with Crippen molar-refractivity contribution in [3.8, 4) is 68.8 Å². The Hall–Kier alpha value is -9.67. The van der Waals surface area contributed by atoms with Crippen LogP contribution >= 0.6 is 0 Å². The van der Waals surface area contributed by atoms with Gasteiger partial charge in [0.25, 0.3) is 0 Å². The van der Waals surface area contributed by atoms with Gasteiger partial charge in [-0.1, -0.05) is 91.0 Å². The van der Waals surface area contributed by atoms with Crippen LogP contribution in [-0.4, -0.2) is 24.1 Å². The molecule has 0 radical (unpaired) electrons. The van der Waals surface area contributed by atoms with E-state index < -0.39 is 0 Å². The predicted octanol–water partition coefficient (Wildman–Crippen LogP) is 13.6. The van der Waals surface area contributed by atoms with E-state index in [9.17, 15) is 10.5 Å². The molecule has 0 atom stereocenters. The molecule has 8 aromatic carbocycles. The van der Waals surface area contributed by atoms with Gasteiger partial charge in [0.15, 0.2) is 28.8 Å². The zero-order valence-corrected chi connectivity index (χ0v) is 33.8. The number of hydrogen-bond donors (Lipinski definition) is 0. The maximum Gasteiger partial charge on any atom is 0.188 e. The lowest BCUT2D eigenvalue weighted by Crippen LogP contribution is -2.04. The molecule has 294 valence electrons. The maximum absolute atomic E-state index is 10.5.